The molecule has 0 aliphatic carbocycles. The third-order valence-corrected chi connectivity index (χ3v) is 2.89. The summed E-state index contributed by atoms with van der Waals surface area (Å²) in [7, 11) is 1.74. The Morgan fingerprint density at radius 1 is 1.24 bits per heavy atom. The van der Waals surface area contributed by atoms with E-state index in [1.165, 1.54) is 0 Å². The molecule has 0 radical (unpaired) electrons. The summed E-state index contributed by atoms with van der Waals surface area (Å²) in [5, 5.41) is 6.22. The van der Waals surface area contributed by atoms with E-state index in [9.17, 15) is 0 Å². The van der Waals surface area contributed by atoms with E-state index in [-0.39, 0.29) is 5.28 Å². The van der Waals surface area contributed by atoms with Crippen molar-refractivity contribution in [2.75, 3.05) is 37.4 Å². The van der Waals surface area contributed by atoms with Gasteiger partial charge in [-0.3, -0.25) is 0 Å². The van der Waals surface area contributed by atoms with Crippen LogP contribution in [0.25, 0.3) is 0 Å². The molecule has 2 heterocycles. The van der Waals surface area contributed by atoms with E-state index in [1.54, 1.807) is 7.05 Å². The first-order chi connectivity index (χ1) is 8.28. The summed E-state index contributed by atoms with van der Waals surface area (Å²) < 4.78 is 5.31. The molecule has 2 N–H and O–H groups in total. The van der Waals surface area contributed by atoms with Crippen LogP contribution in [-0.4, -0.2) is 41.8 Å². The van der Waals surface area contributed by atoms with E-state index in [4.69, 9.17) is 16.3 Å². The van der Waals surface area contributed by atoms with Crippen molar-refractivity contribution in [3.8, 4) is 0 Å². The fourth-order valence-corrected chi connectivity index (χ4v) is 1.89. The summed E-state index contributed by atoms with van der Waals surface area (Å²) in [5.41, 5.74) is 0. The van der Waals surface area contributed by atoms with Gasteiger partial charge in [0.05, 0.1) is 0 Å². The van der Waals surface area contributed by atoms with Crippen LogP contribution >= 0.6 is 11.6 Å². The van der Waals surface area contributed by atoms with Crippen molar-refractivity contribution < 1.29 is 4.74 Å². The first kappa shape index (κ1) is 12.3. The summed E-state index contributed by atoms with van der Waals surface area (Å²) in [4.78, 5) is 12.1. The van der Waals surface area contributed by atoms with Gasteiger partial charge < -0.3 is 15.4 Å². The summed E-state index contributed by atoms with van der Waals surface area (Å²) in [6.07, 6.45) is 2.15. The summed E-state index contributed by atoms with van der Waals surface area (Å²) in [6.45, 7) is 2.52. The van der Waals surface area contributed by atoms with Crippen LogP contribution in [0.3, 0.4) is 0 Å². The van der Waals surface area contributed by atoms with Gasteiger partial charge in [-0.1, -0.05) is 0 Å². The first-order valence-electron chi connectivity index (χ1n) is 5.69. The Hall–Kier alpha value is -1.14. The zero-order valence-electron chi connectivity index (χ0n) is 9.74. The number of halogens is 1. The minimum Gasteiger partial charge on any atom is -0.381 e. The largest absolute Gasteiger partial charge is 0.381 e. The number of nitrogens with zero attached hydrogens (tertiary/aromatic N) is 3. The molecular weight excluding hydrogens is 242 g/mol. The highest BCUT2D eigenvalue weighted by Crippen LogP contribution is 2.15. The van der Waals surface area contributed by atoms with Gasteiger partial charge in [-0.25, -0.2) is 0 Å². The average Bonchev–Trinajstić information content (AvgIpc) is 2.37. The maximum Gasteiger partial charge on any atom is 0.228 e. The lowest BCUT2D eigenvalue weighted by Gasteiger charge is -2.22. The molecule has 0 amide bonds. The molecule has 1 aliphatic rings. The van der Waals surface area contributed by atoms with E-state index in [0.717, 1.165) is 32.6 Å². The van der Waals surface area contributed by atoms with Crippen LogP contribution in [-0.2, 0) is 4.74 Å². The Balaban J connectivity index is 1.91. The standard InChI is InChI=1S/C10H16ClN5O/c1-12-9-14-8(11)15-10(16-9)13-6-7-2-4-17-5-3-7/h7H,2-6H2,1H3,(H2,12,13,14,15,16). The van der Waals surface area contributed by atoms with Crippen LogP contribution in [0, 0.1) is 5.92 Å². The van der Waals surface area contributed by atoms with Gasteiger partial charge in [0.1, 0.15) is 0 Å². The fraction of sp³-hybridized carbons (Fsp3) is 0.700. The van der Waals surface area contributed by atoms with Gasteiger partial charge in [0.2, 0.25) is 17.2 Å². The lowest BCUT2D eigenvalue weighted by molar-refractivity contribution is 0.0699. The summed E-state index contributed by atoms with van der Waals surface area (Å²) >= 11 is 5.79. The number of ether oxygens (including phenoxy) is 1. The van der Waals surface area contributed by atoms with Crippen molar-refractivity contribution in [1.29, 1.82) is 0 Å². The lowest BCUT2D eigenvalue weighted by Crippen LogP contribution is -2.23. The van der Waals surface area contributed by atoms with Gasteiger partial charge in [-0.2, -0.15) is 15.0 Å². The quantitative estimate of drug-likeness (QED) is 0.850. The highest BCUT2D eigenvalue weighted by Gasteiger charge is 2.14. The Morgan fingerprint density at radius 2 is 1.94 bits per heavy atom. The average molecular weight is 258 g/mol. The lowest BCUT2D eigenvalue weighted by atomic mass is 10.0. The predicted octanol–water partition coefficient (Wildman–Crippen LogP) is 1.41. The SMILES string of the molecule is CNc1nc(Cl)nc(NCC2CCOCC2)n1. The third-order valence-electron chi connectivity index (χ3n) is 2.72. The Labute approximate surface area is 105 Å². The molecule has 0 aromatic carbocycles. The number of rotatable bonds is 4. The minimum absolute atomic E-state index is 0.193. The van der Waals surface area contributed by atoms with Crippen LogP contribution < -0.4 is 10.6 Å². The van der Waals surface area contributed by atoms with Gasteiger partial charge in [0.15, 0.2) is 0 Å². The van der Waals surface area contributed by atoms with Gasteiger partial charge in [-0.15, -0.1) is 0 Å². The van der Waals surface area contributed by atoms with Crippen LogP contribution in [0.2, 0.25) is 5.28 Å². The van der Waals surface area contributed by atoms with E-state index < -0.39 is 0 Å². The molecule has 0 atom stereocenters. The van der Waals surface area contributed by atoms with E-state index in [0.29, 0.717) is 17.8 Å². The van der Waals surface area contributed by atoms with Gasteiger partial charge in [-0.05, 0) is 30.4 Å². The van der Waals surface area contributed by atoms with Crippen molar-refractivity contribution >= 4 is 23.5 Å². The second-order valence-corrected chi connectivity index (χ2v) is 4.28. The van der Waals surface area contributed by atoms with Gasteiger partial charge >= 0.3 is 0 Å². The topological polar surface area (TPSA) is 72.0 Å². The van der Waals surface area contributed by atoms with Crippen molar-refractivity contribution in [3.05, 3.63) is 5.28 Å². The third kappa shape index (κ3) is 3.67. The maximum absolute atomic E-state index is 5.79. The van der Waals surface area contributed by atoms with Crippen LogP contribution in [0.15, 0.2) is 0 Å². The van der Waals surface area contributed by atoms with Crippen molar-refractivity contribution in [2.24, 2.45) is 5.92 Å². The highest BCUT2D eigenvalue weighted by atomic mass is 35.5. The Bertz CT molecular complexity index is 370. The summed E-state index contributed by atoms with van der Waals surface area (Å²) in [5.74, 6) is 1.60. The molecule has 7 heteroatoms. The van der Waals surface area contributed by atoms with Crippen LogP contribution in [0.1, 0.15) is 12.8 Å². The Morgan fingerprint density at radius 3 is 2.65 bits per heavy atom. The molecule has 1 aromatic heterocycles. The normalized spacial score (nSPS) is 16.8. The monoisotopic (exact) mass is 257 g/mol. The molecule has 0 saturated carbocycles. The van der Waals surface area contributed by atoms with E-state index in [2.05, 4.69) is 25.6 Å². The van der Waals surface area contributed by atoms with Crippen molar-refractivity contribution in [2.45, 2.75) is 12.8 Å². The predicted molar refractivity (Wildman–Crippen MR) is 66.4 cm³/mol. The number of anilines is 2. The van der Waals surface area contributed by atoms with E-state index in [1.807, 2.05) is 0 Å². The molecule has 0 unspecified atom stereocenters. The molecule has 1 saturated heterocycles. The molecule has 6 nitrogen and oxygen atoms in total. The van der Waals surface area contributed by atoms with Crippen molar-refractivity contribution in [3.63, 3.8) is 0 Å². The zero-order chi connectivity index (χ0) is 12.1. The number of aromatic nitrogens is 3. The highest BCUT2D eigenvalue weighted by molar-refractivity contribution is 6.28. The second-order valence-electron chi connectivity index (χ2n) is 3.94. The molecule has 0 bridgehead atoms. The maximum atomic E-state index is 5.79. The molecule has 1 aliphatic heterocycles. The first-order valence-corrected chi connectivity index (χ1v) is 6.06. The van der Waals surface area contributed by atoms with Crippen molar-refractivity contribution in [1.82, 2.24) is 15.0 Å². The fourth-order valence-electron chi connectivity index (χ4n) is 1.73. The molecule has 0 spiro atoms. The number of hydrogen-bond donors (Lipinski definition) is 2. The molecule has 1 fully saturated rings. The smallest absolute Gasteiger partial charge is 0.228 e. The van der Waals surface area contributed by atoms with Gasteiger partial charge in [0.25, 0.3) is 0 Å². The second kappa shape index (κ2) is 5.97. The molecular formula is C10H16ClN5O. The molecule has 94 valence electrons. The van der Waals surface area contributed by atoms with E-state index >= 15 is 0 Å². The minimum atomic E-state index is 0.193. The molecule has 1 aromatic rings. The van der Waals surface area contributed by atoms with Crippen LogP contribution in [0.4, 0.5) is 11.9 Å². The summed E-state index contributed by atoms with van der Waals surface area (Å²) in [6, 6.07) is 0. The molecule has 2 rings (SSSR count). The molecule has 17 heavy (non-hydrogen) atoms. The van der Waals surface area contributed by atoms with Gasteiger partial charge in [0, 0.05) is 26.8 Å². The van der Waals surface area contributed by atoms with Crippen LogP contribution in [0.5, 0.6) is 0 Å². The zero-order valence-corrected chi connectivity index (χ0v) is 10.5. The number of nitrogens with one attached hydrogen (secondary N) is 2. The Kier molecular flexibility index (Phi) is 4.33. The number of hydrogen-bond acceptors (Lipinski definition) is 6.